The zero-order valence-corrected chi connectivity index (χ0v) is 20.3. The summed E-state index contributed by atoms with van der Waals surface area (Å²) in [7, 11) is 0. The van der Waals surface area contributed by atoms with Crippen molar-refractivity contribution in [3.05, 3.63) is 66.1 Å². The van der Waals surface area contributed by atoms with E-state index in [1.807, 2.05) is 12.1 Å². The van der Waals surface area contributed by atoms with Gasteiger partial charge in [0.1, 0.15) is 40.5 Å². The van der Waals surface area contributed by atoms with Crippen LogP contribution in [0.4, 0.5) is 21.7 Å². The first kappa shape index (κ1) is 22.1. The predicted molar refractivity (Wildman–Crippen MR) is 137 cm³/mol. The van der Waals surface area contributed by atoms with Crippen molar-refractivity contribution in [2.45, 2.75) is 18.4 Å². The molecule has 1 saturated heterocycles. The number of fused-ring (bicyclic) bond motifs is 2. The molecule has 0 bridgehead atoms. The molecule has 1 saturated carbocycles. The first-order valence-electron chi connectivity index (χ1n) is 11.9. The third-order valence-corrected chi connectivity index (χ3v) is 7.15. The van der Waals surface area contributed by atoms with Gasteiger partial charge in [0.15, 0.2) is 17.3 Å². The summed E-state index contributed by atoms with van der Waals surface area (Å²) in [4.78, 5) is 19.9. The van der Waals surface area contributed by atoms with Crippen LogP contribution in [0.25, 0.3) is 16.7 Å². The molecule has 186 valence electrons. The van der Waals surface area contributed by atoms with E-state index in [1.54, 1.807) is 35.0 Å². The van der Waals surface area contributed by atoms with Gasteiger partial charge in [-0.2, -0.15) is 5.10 Å². The summed E-state index contributed by atoms with van der Waals surface area (Å²) in [5.41, 5.74) is 2.18. The van der Waals surface area contributed by atoms with Crippen molar-refractivity contribution in [1.82, 2.24) is 34.9 Å². The van der Waals surface area contributed by atoms with Crippen LogP contribution in [0.5, 0.6) is 11.5 Å². The minimum Gasteiger partial charge on any atom is -0.455 e. The maximum absolute atomic E-state index is 15.3. The predicted octanol–water partition coefficient (Wildman–Crippen LogP) is 4.34. The summed E-state index contributed by atoms with van der Waals surface area (Å²) in [5, 5.41) is 10.5. The number of anilines is 3. The van der Waals surface area contributed by atoms with E-state index in [2.05, 4.69) is 35.6 Å². The van der Waals surface area contributed by atoms with Crippen molar-refractivity contribution in [1.29, 1.82) is 0 Å². The van der Waals surface area contributed by atoms with Crippen LogP contribution in [-0.2, 0) is 0 Å². The monoisotopic (exact) mass is 517 g/mol. The lowest BCUT2D eigenvalue weighted by molar-refractivity contribution is 0.440. The number of ether oxygens (including phenoxy) is 1. The van der Waals surface area contributed by atoms with Crippen LogP contribution in [-0.4, -0.2) is 54.7 Å². The highest BCUT2D eigenvalue weighted by molar-refractivity contribution is 6.32. The molecule has 2 N–H and O–H groups in total. The van der Waals surface area contributed by atoms with E-state index in [-0.39, 0.29) is 22.0 Å². The van der Waals surface area contributed by atoms with E-state index in [0.29, 0.717) is 28.2 Å². The van der Waals surface area contributed by atoms with Crippen molar-refractivity contribution in [2.75, 3.05) is 29.9 Å². The smallest absolute Gasteiger partial charge is 0.169 e. The largest absolute Gasteiger partial charge is 0.455 e. The average molecular weight is 518 g/mol. The molecule has 5 aromatic rings. The molecular weight excluding hydrogens is 497 g/mol. The summed E-state index contributed by atoms with van der Waals surface area (Å²) in [6.07, 6.45) is 6.93. The fraction of sp³-hybridized carbons (Fsp3) is 0.240. The van der Waals surface area contributed by atoms with Crippen LogP contribution in [0, 0.1) is 5.82 Å². The second-order valence-corrected chi connectivity index (χ2v) is 9.66. The molecule has 1 aromatic carbocycles. The van der Waals surface area contributed by atoms with Crippen molar-refractivity contribution in [3.63, 3.8) is 0 Å². The van der Waals surface area contributed by atoms with Crippen molar-refractivity contribution < 1.29 is 9.13 Å². The van der Waals surface area contributed by atoms with Crippen LogP contribution >= 0.6 is 11.6 Å². The lowest BCUT2D eigenvalue weighted by Gasteiger charge is -2.34. The summed E-state index contributed by atoms with van der Waals surface area (Å²) < 4.78 is 22.8. The van der Waals surface area contributed by atoms with E-state index < -0.39 is 5.82 Å². The van der Waals surface area contributed by atoms with Crippen LogP contribution < -0.4 is 20.3 Å². The van der Waals surface area contributed by atoms with E-state index >= 15 is 4.39 Å². The molecule has 1 aliphatic carbocycles. The number of halogens is 2. The van der Waals surface area contributed by atoms with Crippen LogP contribution in [0.3, 0.4) is 0 Å². The number of hydrogen-bond acceptors (Lipinski definition) is 9. The van der Waals surface area contributed by atoms with Crippen molar-refractivity contribution in [2.24, 2.45) is 0 Å². The molecule has 2 fully saturated rings. The number of aromatic nitrogens is 6. The Hall–Kier alpha value is -4.09. The molecule has 0 atom stereocenters. The van der Waals surface area contributed by atoms with Gasteiger partial charge in [-0.25, -0.2) is 28.8 Å². The summed E-state index contributed by atoms with van der Waals surface area (Å²) >= 11 is 6.36. The maximum atomic E-state index is 15.3. The second-order valence-electron chi connectivity index (χ2n) is 9.28. The van der Waals surface area contributed by atoms with Crippen molar-refractivity contribution in [3.8, 4) is 11.5 Å². The van der Waals surface area contributed by atoms with Gasteiger partial charge < -0.3 is 20.3 Å². The van der Waals surface area contributed by atoms with Gasteiger partial charge in [-0.1, -0.05) is 11.6 Å². The SMILES string of the molecule is Fc1c(Nc2ncnc3ccc(N4CCNC5(CC5)C4)nc23)ccc(Oc2ccn3ncnc3c2)c1Cl. The topological polar surface area (TPSA) is 105 Å². The normalized spacial score (nSPS) is 16.4. The van der Waals surface area contributed by atoms with E-state index in [0.717, 1.165) is 25.5 Å². The maximum Gasteiger partial charge on any atom is 0.169 e. The molecule has 37 heavy (non-hydrogen) atoms. The van der Waals surface area contributed by atoms with Crippen LogP contribution in [0.15, 0.2) is 55.2 Å². The Kier molecular flexibility index (Phi) is 5.08. The summed E-state index contributed by atoms with van der Waals surface area (Å²) in [6.45, 7) is 2.70. The molecular formula is C25H21ClFN9O. The zero-order chi connectivity index (χ0) is 25.0. The van der Waals surface area contributed by atoms with E-state index in [9.17, 15) is 0 Å². The Morgan fingerprint density at radius 2 is 2.00 bits per heavy atom. The van der Waals surface area contributed by atoms with Crippen molar-refractivity contribution >= 4 is 45.6 Å². The second kappa shape index (κ2) is 8.49. The van der Waals surface area contributed by atoms with E-state index in [1.165, 1.54) is 25.5 Å². The third kappa shape index (κ3) is 4.05. The molecule has 7 rings (SSSR count). The Morgan fingerprint density at radius 3 is 2.89 bits per heavy atom. The summed E-state index contributed by atoms with van der Waals surface area (Å²) in [6, 6.07) is 10.4. The molecule has 2 aliphatic rings. The fourth-order valence-corrected chi connectivity index (χ4v) is 4.86. The van der Waals surface area contributed by atoms with Gasteiger partial charge in [0, 0.05) is 37.4 Å². The van der Waals surface area contributed by atoms with Gasteiger partial charge in [0.05, 0.1) is 11.2 Å². The molecule has 0 radical (unpaired) electrons. The first-order chi connectivity index (χ1) is 18.1. The number of pyridine rings is 2. The highest BCUT2D eigenvalue weighted by Gasteiger charge is 2.45. The number of benzene rings is 1. The highest BCUT2D eigenvalue weighted by atomic mass is 35.5. The molecule has 12 heteroatoms. The standard InChI is InChI=1S/C25H21ClFN9O/c26-21-18(37-15-5-9-36-20(11-15)29-14-32-36)3-1-16(22(21)27)33-24-23-17(28-13-30-24)2-4-19(34-23)35-10-8-31-25(12-35)6-7-25/h1-5,9,11,13-14,31H,6-8,10,12H2,(H,28,30,33). The van der Waals surface area contributed by atoms with Gasteiger partial charge in [-0.3, -0.25) is 0 Å². The highest BCUT2D eigenvalue weighted by Crippen LogP contribution is 2.39. The number of nitrogens with zero attached hydrogens (tertiary/aromatic N) is 7. The molecule has 5 heterocycles. The fourth-order valence-electron chi connectivity index (χ4n) is 4.66. The van der Waals surface area contributed by atoms with Gasteiger partial charge in [0.2, 0.25) is 0 Å². The van der Waals surface area contributed by atoms with Gasteiger partial charge in [-0.05, 0) is 43.2 Å². The third-order valence-electron chi connectivity index (χ3n) is 6.80. The Labute approximate surface area is 215 Å². The van der Waals surface area contributed by atoms with E-state index in [4.69, 9.17) is 21.3 Å². The average Bonchev–Trinajstić information content (AvgIpc) is 3.48. The summed E-state index contributed by atoms with van der Waals surface area (Å²) in [5.74, 6) is 1.22. The molecule has 1 aliphatic heterocycles. The number of hydrogen-bond donors (Lipinski definition) is 2. The Balaban J connectivity index is 1.17. The lowest BCUT2D eigenvalue weighted by atomic mass is 10.2. The molecule has 4 aromatic heterocycles. The molecule has 0 amide bonds. The minimum absolute atomic E-state index is 0.150. The Morgan fingerprint density at radius 1 is 1.08 bits per heavy atom. The van der Waals surface area contributed by atoms with Gasteiger partial charge >= 0.3 is 0 Å². The lowest BCUT2D eigenvalue weighted by Crippen LogP contribution is -2.52. The van der Waals surface area contributed by atoms with Gasteiger partial charge in [-0.15, -0.1) is 0 Å². The molecule has 0 unspecified atom stereocenters. The quantitative estimate of drug-likeness (QED) is 0.352. The Bertz CT molecular complexity index is 1650. The van der Waals surface area contributed by atoms with Crippen LogP contribution in [0.1, 0.15) is 12.8 Å². The molecule has 1 spiro atoms. The minimum atomic E-state index is -0.664. The number of nitrogens with one attached hydrogen (secondary N) is 2. The first-order valence-corrected chi connectivity index (χ1v) is 12.3. The zero-order valence-electron chi connectivity index (χ0n) is 19.5. The molecule has 10 nitrogen and oxygen atoms in total. The number of piperazine rings is 1. The number of rotatable bonds is 5. The van der Waals surface area contributed by atoms with Crippen LogP contribution in [0.2, 0.25) is 5.02 Å². The van der Waals surface area contributed by atoms with Gasteiger partial charge in [0.25, 0.3) is 0 Å².